The Morgan fingerprint density at radius 1 is 0.778 bits per heavy atom. The van der Waals surface area contributed by atoms with Gasteiger partial charge in [-0.3, -0.25) is 0 Å². The second-order valence-corrected chi connectivity index (χ2v) is 7.47. The fourth-order valence-electron chi connectivity index (χ4n) is 3.21. The highest BCUT2D eigenvalue weighted by molar-refractivity contribution is 5.64. The van der Waals surface area contributed by atoms with Crippen LogP contribution in [0.5, 0.6) is 5.75 Å². The Morgan fingerprint density at radius 3 is 2.07 bits per heavy atom. The summed E-state index contributed by atoms with van der Waals surface area (Å²) in [5, 5.41) is 0. The first-order valence-corrected chi connectivity index (χ1v) is 11.2. The van der Waals surface area contributed by atoms with Crippen molar-refractivity contribution in [2.24, 2.45) is 0 Å². The highest BCUT2D eigenvalue weighted by Gasteiger charge is 2.11. The predicted octanol–water partition coefficient (Wildman–Crippen LogP) is 7.64. The van der Waals surface area contributed by atoms with Crippen LogP contribution in [0, 0.1) is 0 Å². The number of hydrogen-bond acceptors (Lipinski definition) is 3. The van der Waals surface area contributed by atoms with Crippen molar-refractivity contribution in [3.8, 4) is 5.75 Å². The van der Waals surface area contributed by atoms with Crippen LogP contribution in [0.1, 0.15) is 103 Å². The molecule has 154 valence electrons. The van der Waals surface area contributed by atoms with E-state index in [2.05, 4.69) is 32.9 Å². The Labute approximate surface area is 166 Å². The van der Waals surface area contributed by atoms with E-state index in [9.17, 15) is 4.79 Å². The minimum Gasteiger partial charge on any atom is -0.434 e. The summed E-state index contributed by atoms with van der Waals surface area (Å²) >= 11 is 0. The summed E-state index contributed by atoms with van der Waals surface area (Å²) in [5.74, 6) is 0.671. The molecule has 0 fully saturated rings. The molecule has 3 nitrogen and oxygen atoms in total. The van der Waals surface area contributed by atoms with Crippen molar-refractivity contribution < 1.29 is 14.3 Å². The van der Waals surface area contributed by atoms with E-state index in [1.807, 2.05) is 6.07 Å². The lowest BCUT2D eigenvalue weighted by Gasteiger charge is -2.12. The molecule has 1 rings (SSSR count). The van der Waals surface area contributed by atoms with E-state index < -0.39 is 6.16 Å². The zero-order chi connectivity index (χ0) is 19.7. The monoisotopic (exact) mass is 376 g/mol. The second-order valence-electron chi connectivity index (χ2n) is 7.47. The molecule has 0 unspecified atom stereocenters. The zero-order valence-corrected chi connectivity index (χ0v) is 17.9. The number of unbranched alkanes of at least 4 members (excludes halogenated alkanes) is 8. The molecule has 0 amide bonds. The van der Waals surface area contributed by atoms with Gasteiger partial charge < -0.3 is 9.47 Å². The van der Waals surface area contributed by atoms with Crippen molar-refractivity contribution in [3.05, 3.63) is 29.3 Å². The Morgan fingerprint density at radius 2 is 1.41 bits per heavy atom. The smallest absolute Gasteiger partial charge is 0.434 e. The van der Waals surface area contributed by atoms with Gasteiger partial charge >= 0.3 is 6.16 Å². The van der Waals surface area contributed by atoms with E-state index in [1.54, 1.807) is 0 Å². The van der Waals surface area contributed by atoms with Gasteiger partial charge in [-0.25, -0.2) is 4.79 Å². The highest BCUT2D eigenvalue weighted by Crippen LogP contribution is 2.24. The lowest BCUT2D eigenvalue weighted by Crippen LogP contribution is -2.12. The molecule has 0 bridgehead atoms. The van der Waals surface area contributed by atoms with Crippen molar-refractivity contribution in [1.29, 1.82) is 0 Å². The molecule has 0 spiro atoms. The Balaban J connectivity index is 2.64. The summed E-state index contributed by atoms with van der Waals surface area (Å²) in [4.78, 5) is 12.0. The molecule has 27 heavy (non-hydrogen) atoms. The Kier molecular flexibility index (Phi) is 13.5. The molecule has 0 saturated heterocycles. The van der Waals surface area contributed by atoms with Gasteiger partial charge in [0, 0.05) is 0 Å². The van der Waals surface area contributed by atoms with Gasteiger partial charge in [0.1, 0.15) is 5.75 Å². The second kappa shape index (κ2) is 15.5. The van der Waals surface area contributed by atoms with E-state index in [4.69, 9.17) is 9.47 Å². The first-order chi connectivity index (χ1) is 13.2. The van der Waals surface area contributed by atoms with Crippen LogP contribution in [0.4, 0.5) is 4.79 Å². The largest absolute Gasteiger partial charge is 0.513 e. The predicted molar refractivity (Wildman–Crippen MR) is 114 cm³/mol. The Hall–Kier alpha value is -1.51. The van der Waals surface area contributed by atoms with E-state index in [0.717, 1.165) is 44.1 Å². The molecule has 0 N–H and O–H groups in total. The zero-order valence-electron chi connectivity index (χ0n) is 17.9. The standard InChI is InChI=1S/C24H40O3/c1-4-7-10-12-15-21-17-18-23(22(20-21)16-13-11-8-5-2)27-24(25)26-19-14-9-6-3/h17-18,20H,4-16,19H2,1-3H3. The van der Waals surface area contributed by atoms with Crippen LogP contribution in [0.25, 0.3) is 0 Å². The minimum atomic E-state index is -0.573. The van der Waals surface area contributed by atoms with Crippen molar-refractivity contribution >= 4 is 6.16 Å². The SMILES string of the molecule is CCCCCCc1ccc(OC(=O)OCCCCC)c(CCCCCC)c1. The number of aryl methyl sites for hydroxylation is 2. The third-order valence-electron chi connectivity index (χ3n) is 4.90. The number of ether oxygens (including phenoxy) is 2. The summed E-state index contributed by atoms with van der Waals surface area (Å²) in [5.41, 5.74) is 2.49. The first-order valence-electron chi connectivity index (χ1n) is 11.2. The van der Waals surface area contributed by atoms with Gasteiger partial charge in [-0.1, -0.05) is 84.3 Å². The van der Waals surface area contributed by atoms with Crippen molar-refractivity contribution in [1.82, 2.24) is 0 Å². The number of carbonyl (C=O) groups is 1. The summed E-state index contributed by atoms with van der Waals surface area (Å²) in [6.07, 6.45) is 14.5. The highest BCUT2D eigenvalue weighted by atomic mass is 16.7. The van der Waals surface area contributed by atoms with Crippen LogP contribution in [0.2, 0.25) is 0 Å². The molecule has 0 saturated carbocycles. The van der Waals surface area contributed by atoms with Crippen LogP contribution >= 0.6 is 0 Å². The lowest BCUT2D eigenvalue weighted by molar-refractivity contribution is 0.0970. The third kappa shape index (κ3) is 11.0. The maximum Gasteiger partial charge on any atom is 0.513 e. The van der Waals surface area contributed by atoms with Crippen LogP contribution < -0.4 is 4.74 Å². The van der Waals surface area contributed by atoms with Crippen molar-refractivity contribution in [2.75, 3.05) is 6.61 Å². The van der Waals surface area contributed by atoms with E-state index >= 15 is 0 Å². The van der Waals surface area contributed by atoms with Gasteiger partial charge in [0.25, 0.3) is 0 Å². The molecule has 0 aliphatic carbocycles. The average Bonchev–Trinajstić information content (AvgIpc) is 2.67. The lowest BCUT2D eigenvalue weighted by atomic mass is 9.99. The topological polar surface area (TPSA) is 35.5 Å². The van der Waals surface area contributed by atoms with Gasteiger partial charge in [-0.05, 0) is 49.3 Å². The van der Waals surface area contributed by atoms with E-state index in [-0.39, 0.29) is 0 Å². The number of benzene rings is 1. The molecule has 3 heteroatoms. The van der Waals surface area contributed by atoms with Gasteiger partial charge in [-0.15, -0.1) is 0 Å². The summed E-state index contributed by atoms with van der Waals surface area (Å²) in [6, 6.07) is 6.29. The van der Waals surface area contributed by atoms with Crippen LogP contribution in [0.3, 0.4) is 0 Å². The van der Waals surface area contributed by atoms with Gasteiger partial charge in [-0.2, -0.15) is 0 Å². The van der Waals surface area contributed by atoms with Gasteiger partial charge in [0.15, 0.2) is 0 Å². The molecule has 0 atom stereocenters. The molecule has 0 aliphatic rings. The first kappa shape index (κ1) is 23.5. The number of rotatable bonds is 15. The van der Waals surface area contributed by atoms with Crippen LogP contribution in [-0.4, -0.2) is 12.8 Å². The molecule has 0 aliphatic heterocycles. The van der Waals surface area contributed by atoms with Crippen LogP contribution in [-0.2, 0) is 17.6 Å². The van der Waals surface area contributed by atoms with Crippen LogP contribution in [0.15, 0.2) is 18.2 Å². The maximum absolute atomic E-state index is 12.0. The van der Waals surface area contributed by atoms with Gasteiger partial charge in [0.2, 0.25) is 0 Å². The fourth-order valence-corrected chi connectivity index (χ4v) is 3.21. The molecule has 0 radical (unpaired) electrons. The normalized spacial score (nSPS) is 10.8. The summed E-state index contributed by atoms with van der Waals surface area (Å²) in [6.45, 7) is 7.03. The van der Waals surface area contributed by atoms with E-state index in [1.165, 1.54) is 50.5 Å². The maximum atomic E-state index is 12.0. The molecule has 0 aromatic heterocycles. The Bertz CT molecular complexity index is 510. The quantitative estimate of drug-likeness (QED) is 0.179. The minimum absolute atomic E-state index is 0.439. The molecule has 0 heterocycles. The van der Waals surface area contributed by atoms with Crippen molar-refractivity contribution in [2.45, 2.75) is 104 Å². The molecule has 1 aromatic rings. The summed E-state index contributed by atoms with van der Waals surface area (Å²) < 4.78 is 10.7. The number of hydrogen-bond donors (Lipinski definition) is 0. The molecule has 1 aromatic carbocycles. The molecular weight excluding hydrogens is 336 g/mol. The molecular formula is C24H40O3. The number of carbonyl (C=O) groups excluding carboxylic acids is 1. The summed E-state index contributed by atoms with van der Waals surface area (Å²) in [7, 11) is 0. The van der Waals surface area contributed by atoms with Gasteiger partial charge in [0.05, 0.1) is 6.61 Å². The third-order valence-corrected chi connectivity index (χ3v) is 4.90. The fraction of sp³-hybridized carbons (Fsp3) is 0.708. The van der Waals surface area contributed by atoms with E-state index in [0.29, 0.717) is 12.4 Å². The van der Waals surface area contributed by atoms with Crippen molar-refractivity contribution in [3.63, 3.8) is 0 Å². The average molecular weight is 377 g/mol.